The van der Waals surface area contributed by atoms with Crippen molar-refractivity contribution in [3.63, 3.8) is 0 Å². The van der Waals surface area contributed by atoms with Crippen molar-refractivity contribution in [3.05, 3.63) is 24.2 Å². The van der Waals surface area contributed by atoms with Crippen LogP contribution in [0.1, 0.15) is 25.6 Å². The summed E-state index contributed by atoms with van der Waals surface area (Å²) in [6.07, 6.45) is 1.92. The van der Waals surface area contributed by atoms with Crippen LogP contribution in [0, 0.1) is 0 Å². The Bertz CT molecular complexity index is 298. The fourth-order valence-corrected chi connectivity index (χ4v) is 1.69. The minimum absolute atomic E-state index is 0.203. The zero-order valence-corrected chi connectivity index (χ0v) is 11.4. The van der Waals surface area contributed by atoms with E-state index in [1.165, 1.54) is 0 Å². The first-order chi connectivity index (χ1) is 8.06. The van der Waals surface area contributed by atoms with E-state index in [9.17, 15) is 0 Å². The highest BCUT2D eigenvalue weighted by molar-refractivity contribution is 5.05. The molecule has 4 nitrogen and oxygen atoms in total. The van der Waals surface area contributed by atoms with Gasteiger partial charge in [-0.15, -0.1) is 0 Å². The molecule has 0 bridgehead atoms. The van der Waals surface area contributed by atoms with Crippen LogP contribution in [0.5, 0.6) is 0 Å². The molecule has 0 aliphatic rings. The molecule has 0 radical (unpaired) electrons. The number of nitrogens with one attached hydrogen (secondary N) is 1. The molecular formula is C13H24N2O2. The summed E-state index contributed by atoms with van der Waals surface area (Å²) in [6, 6.07) is 4.50. The average molecular weight is 240 g/mol. The maximum absolute atomic E-state index is 5.46. The fourth-order valence-electron chi connectivity index (χ4n) is 1.69. The van der Waals surface area contributed by atoms with Crippen LogP contribution in [0.2, 0.25) is 0 Å². The molecule has 1 aromatic heterocycles. The number of nitrogens with zero attached hydrogens (tertiary/aromatic N) is 1. The molecule has 0 aromatic carbocycles. The first kappa shape index (κ1) is 14.2. The highest BCUT2D eigenvalue weighted by Crippen LogP contribution is 2.17. The Hall–Kier alpha value is -0.840. The summed E-state index contributed by atoms with van der Waals surface area (Å²) in [6.45, 7) is 5.04. The van der Waals surface area contributed by atoms with Crippen molar-refractivity contribution < 1.29 is 9.15 Å². The summed E-state index contributed by atoms with van der Waals surface area (Å²) in [5.74, 6) is 0.986. The molecule has 0 spiro atoms. The van der Waals surface area contributed by atoms with Gasteiger partial charge in [0.05, 0.1) is 18.4 Å². The van der Waals surface area contributed by atoms with Crippen LogP contribution in [-0.2, 0) is 4.74 Å². The Morgan fingerprint density at radius 3 is 2.59 bits per heavy atom. The monoisotopic (exact) mass is 240 g/mol. The van der Waals surface area contributed by atoms with Crippen molar-refractivity contribution in [2.75, 3.05) is 27.7 Å². The Kier molecular flexibility index (Phi) is 5.68. The molecular weight excluding hydrogens is 216 g/mol. The van der Waals surface area contributed by atoms with Crippen LogP contribution in [-0.4, -0.2) is 44.8 Å². The van der Waals surface area contributed by atoms with Crippen molar-refractivity contribution in [1.29, 1.82) is 0 Å². The van der Waals surface area contributed by atoms with Gasteiger partial charge in [-0.05, 0) is 40.1 Å². The molecule has 1 rings (SSSR count). The number of likely N-dealkylation sites (N-methyl/N-ethyl adjacent to an activating group) is 1. The van der Waals surface area contributed by atoms with Crippen molar-refractivity contribution in [1.82, 2.24) is 10.2 Å². The predicted octanol–water partition coefficient (Wildman–Crippen LogP) is 1.90. The van der Waals surface area contributed by atoms with Crippen LogP contribution in [0.3, 0.4) is 0 Å². The normalized spacial score (nSPS) is 17.1. The number of rotatable bonds is 7. The zero-order chi connectivity index (χ0) is 12.8. The van der Waals surface area contributed by atoms with E-state index in [2.05, 4.69) is 38.2 Å². The van der Waals surface area contributed by atoms with Crippen LogP contribution in [0.4, 0.5) is 0 Å². The molecule has 0 aliphatic carbocycles. The van der Waals surface area contributed by atoms with Gasteiger partial charge in [-0.25, -0.2) is 0 Å². The molecule has 17 heavy (non-hydrogen) atoms. The fraction of sp³-hybridized carbons (Fsp3) is 0.692. The molecule has 0 fully saturated rings. The van der Waals surface area contributed by atoms with Crippen molar-refractivity contribution in [2.24, 2.45) is 0 Å². The summed E-state index contributed by atoms with van der Waals surface area (Å²) >= 11 is 0. The lowest BCUT2D eigenvalue weighted by atomic mass is 10.1. The zero-order valence-electron chi connectivity index (χ0n) is 11.4. The summed E-state index contributed by atoms with van der Waals surface area (Å²) in [5, 5.41) is 3.48. The number of hydrogen-bond acceptors (Lipinski definition) is 4. The predicted molar refractivity (Wildman–Crippen MR) is 69.1 cm³/mol. The van der Waals surface area contributed by atoms with Gasteiger partial charge in [-0.2, -0.15) is 0 Å². The van der Waals surface area contributed by atoms with E-state index in [1.54, 1.807) is 13.4 Å². The van der Waals surface area contributed by atoms with E-state index >= 15 is 0 Å². The topological polar surface area (TPSA) is 37.6 Å². The maximum Gasteiger partial charge on any atom is 0.122 e. The lowest BCUT2D eigenvalue weighted by Crippen LogP contribution is -2.41. The average Bonchev–Trinajstić information content (AvgIpc) is 2.81. The van der Waals surface area contributed by atoms with E-state index in [1.807, 2.05) is 12.1 Å². The van der Waals surface area contributed by atoms with Crippen LogP contribution in [0.25, 0.3) is 0 Å². The summed E-state index contributed by atoms with van der Waals surface area (Å²) in [4.78, 5) is 2.15. The SMILES string of the molecule is COC(C)C(C)NCC(c1ccco1)N(C)C. The van der Waals surface area contributed by atoms with Gasteiger partial charge in [0.2, 0.25) is 0 Å². The molecule has 4 heteroatoms. The van der Waals surface area contributed by atoms with Gasteiger partial charge < -0.3 is 14.5 Å². The third kappa shape index (κ3) is 4.15. The van der Waals surface area contributed by atoms with Gasteiger partial charge in [0, 0.05) is 19.7 Å². The Labute approximate surface area is 104 Å². The first-order valence-electron chi connectivity index (χ1n) is 6.02. The summed E-state index contributed by atoms with van der Waals surface area (Å²) < 4.78 is 10.8. The third-order valence-electron chi connectivity index (χ3n) is 3.20. The maximum atomic E-state index is 5.46. The molecule has 3 unspecified atom stereocenters. The highest BCUT2D eigenvalue weighted by Gasteiger charge is 2.19. The smallest absolute Gasteiger partial charge is 0.122 e. The summed E-state index contributed by atoms with van der Waals surface area (Å²) in [7, 11) is 5.84. The minimum Gasteiger partial charge on any atom is -0.468 e. The van der Waals surface area contributed by atoms with Crippen molar-refractivity contribution >= 4 is 0 Å². The number of hydrogen-bond donors (Lipinski definition) is 1. The van der Waals surface area contributed by atoms with Crippen molar-refractivity contribution in [3.8, 4) is 0 Å². The third-order valence-corrected chi connectivity index (χ3v) is 3.20. The number of ether oxygens (including phenoxy) is 1. The van der Waals surface area contributed by atoms with E-state index in [-0.39, 0.29) is 12.1 Å². The second-order valence-electron chi connectivity index (χ2n) is 4.63. The van der Waals surface area contributed by atoms with E-state index in [0.29, 0.717) is 6.04 Å². The molecule has 0 saturated heterocycles. The molecule has 3 atom stereocenters. The minimum atomic E-state index is 0.203. The van der Waals surface area contributed by atoms with Gasteiger partial charge in [-0.3, -0.25) is 4.90 Å². The second kappa shape index (κ2) is 6.79. The van der Waals surface area contributed by atoms with Crippen LogP contribution in [0.15, 0.2) is 22.8 Å². The molecule has 1 heterocycles. The standard InChI is InChI=1S/C13H24N2O2/c1-10(11(2)16-5)14-9-12(15(3)4)13-7-6-8-17-13/h6-8,10-12,14H,9H2,1-5H3. The Morgan fingerprint density at radius 1 is 1.41 bits per heavy atom. The van der Waals surface area contributed by atoms with Gasteiger partial charge in [0.25, 0.3) is 0 Å². The van der Waals surface area contributed by atoms with Gasteiger partial charge in [0.15, 0.2) is 0 Å². The van der Waals surface area contributed by atoms with E-state index < -0.39 is 0 Å². The quantitative estimate of drug-likeness (QED) is 0.790. The van der Waals surface area contributed by atoms with Gasteiger partial charge >= 0.3 is 0 Å². The molecule has 1 aromatic rings. The molecule has 0 aliphatic heterocycles. The molecule has 0 saturated carbocycles. The highest BCUT2D eigenvalue weighted by atomic mass is 16.5. The lowest BCUT2D eigenvalue weighted by molar-refractivity contribution is 0.0851. The first-order valence-corrected chi connectivity index (χ1v) is 6.02. The lowest BCUT2D eigenvalue weighted by Gasteiger charge is -2.26. The van der Waals surface area contributed by atoms with E-state index in [0.717, 1.165) is 12.3 Å². The molecule has 98 valence electrons. The second-order valence-corrected chi connectivity index (χ2v) is 4.63. The number of methoxy groups -OCH3 is 1. The summed E-state index contributed by atoms with van der Waals surface area (Å²) in [5.41, 5.74) is 0. The van der Waals surface area contributed by atoms with E-state index in [4.69, 9.17) is 9.15 Å². The Balaban J connectivity index is 2.52. The van der Waals surface area contributed by atoms with Gasteiger partial charge in [-0.1, -0.05) is 0 Å². The largest absolute Gasteiger partial charge is 0.468 e. The molecule has 0 amide bonds. The number of furan rings is 1. The van der Waals surface area contributed by atoms with Gasteiger partial charge in [0.1, 0.15) is 5.76 Å². The van der Waals surface area contributed by atoms with Crippen LogP contribution < -0.4 is 5.32 Å². The van der Waals surface area contributed by atoms with Crippen molar-refractivity contribution in [2.45, 2.75) is 32.0 Å². The van der Waals surface area contributed by atoms with Crippen LogP contribution >= 0.6 is 0 Å². The Morgan fingerprint density at radius 2 is 2.12 bits per heavy atom. The molecule has 1 N–H and O–H groups in total.